The predicted molar refractivity (Wildman–Crippen MR) is 81.9 cm³/mol. The van der Waals surface area contributed by atoms with E-state index in [1.54, 1.807) is 0 Å². The summed E-state index contributed by atoms with van der Waals surface area (Å²) in [7, 11) is 0. The van der Waals surface area contributed by atoms with E-state index in [9.17, 15) is 9.59 Å². The Labute approximate surface area is 126 Å². The summed E-state index contributed by atoms with van der Waals surface area (Å²) in [4.78, 5) is 23.0. The number of rotatable bonds is 9. The van der Waals surface area contributed by atoms with Gasteiger partial charge < -0.3 is 15.4 Å². The molecule has 0 fully saturated rings. The second-order valence-electron chi connectivity index (χ2n) is 4.65. The highest BCUT2D eigenvalue weighted by atomic mass is 16.5. The van der Waals surface area contributed by atoms with E-state index in [1.165, 1.54) is 5.56 Å². The number of carbonyl (C=O) groups excluding carboxylic acids is 2. The topological polar surface area (TPSA) is 67.4 Å². The Morgan fingerprint density at radius 2 is 1.62 bits per heavy atom. The summed E-state index contributed by atoms with van der Waals surface area (Å²) in [6, 6.07) is 10.0. The third kappa shape index (κ3) is 8.09. The Morgan fingerprint density at radius 1 is 1.00 bits per heavy atom. The van der Waals surface area contributed by atoms with E-state index in [2.05, 4.69) is 10.6 Å². The Hall–Kier alpha value is -1.88. The van der Waals surface area contributed by atoms with Crippen LogP contribution in [0.15, 0.2) is 30.3 Å². The number of nitrogens with one attached hydrogen (secondary N) is 2. The monoisotopic (exact) mass is 292 g/mol. The van der Waals surface area contributed by atoms with Gasteiger partial charge in [0.2, 0.25) is 0 Å². The van der Waals surface area contributed by atoms with E-state index in [4.69, 9.17) is 4.74 Å². The Balaban J connectivity index is 2.06. The summed E-state index contributed by atoms with van der Waals surface area (Å²) in [5.74, 6) is -1.15. The van der Waals surface area contributed by atoms with Gasteiger partial charge in [-0.3, -0.25) is 9.59 Å². The summed E-state index contributed by atoms with van der Waals surface area (Å²) >= 11 is 0. The summed E-state index contributed by atoms with van der Waals surface area (Å²) in [6.07, 6.45) is 2.41. The standard InChI is InChI=1S/C16H24N2O3/c1-2-21-13-7-12-18-16(20)15(19)17-11-6-10-14-8-4-3-5-9-14/h3-5,8-9H,2,6-7,10-13H2,1H3,(H,17,19)(H,18,20). The molecule has 116 valence electrons. The molecular formula is C16H24N2O3. The van der Waals surface area contributed by atoms with Gasteiger partial charge >= 0.3 is 11.8 Å². The van der Waals surface area contributed by atoms with Crippen LogP contribution in [0.5, 0.6) is 0 Å². The van der Waals surface area contributed by atoms with Crippen molar-refractivity contribution in [3.8, 4) is 0 Å². The van der Waals surface area contributed by atoms with Crippen LogP contribution in [0.25, 0.3) is 0 Å². The number of amides is 2. The van der Waals surface area contributed by atoms with E-state index >= 15 is 0 Å². The molecule has 0 unspecified atom stereocenters. The van der Waals surface area contributed by atoms with Crippen LogP contribution < -0.4 is 10.6 Å². The normalized spacial score (nSPS) is 10.1. The van der Waals surface area contributed by atoms with E-state index in [-0.39, 0.29) is 0 Å². The lowest BCUT2D eigenvalue weighted by Crippen LogP contribution is -2.40. The van der Waals surface area contributed by atoms with Gasteiger partial charge in [0.1, 0.15) is 0 Å². The molecule has 0 saturated carbocycles. The van der Waals surface area contributed by atoms with Crippen LogP contribution in [0.1, 0.15) is 25.3 Å². The highest BCUT2D eigenvalue weighted by Crippen LogP contribution is 2.01. The highest BCUT2D eigenvalue weighted by molar-refractivity contribution is 6.35. The minimum absolute atomic E-state index is 0.455. The second kappa shape index (κ2) is 10.9. The van der Waals surface area contributed by atoms with Crippen molar-refractivity contribution in [2.75, 3.05) is 26.3 Å². The molecule has 0 aliphatic carbocycles. The maximum atomic E-state index is 11.5. The van der Waals surface area contributed by atoms with Crippen molar-refractivity contribution >= 4 is 11.8 Å². The smallest absolute Gasteiger partial charge is 0.309 e. The average Bonchev–Trinajstić information content (AvgIpc) is 2.52. The SMILES string of the molecule is CCOCCCNC(=O)C(=O)NCCCc1ccccc1. The number of hydrogen-bond donors (Lipinski definition) is 2. The number of aryl methyl sites for hydroxylation is 1. The molecule has 2 amide bonds. The van der Waals surface area contributed by atoms with Crippen LogP contribution in [0.3, 0.4) is 0 Å². The molecule has 0 radical (unpaired) electrons. The van der Waals surface area contributed by atoms with Gasteiger partial charge in [-0.05, 0) is 31.7 Å². The molecule has 0 bridgehead atoms. The molecule has 0 heterocycles. The van der Waals surface area contributed by atoms with Crippen molar-refractivity contribution < 1.29 is 14.3 Å². The molecule has 5 nitrogen and oxygen atoms in total. The fourth-order valence-corrected chi connectivity index (χ4v) is 1.82. The van der Waals surface area contributed by atoms with Crippen LogP contribution in [-0.4, -0.2) is 38.1 Å². The molecule has 1 aromatic carbocycles. The number of hydrogen-bond acceptors (Lipinski definition) is 3. The lowest BCUT2D eigenvalue weighted by atomic mass is 10.1. The van der Waals surface area contributed by atoms with E-state index < -0.39 is 11.8 Å². The number of ether oxygens (including phenoxy) is 1. The summed E-state index contributed by atoms with van der Waals surface area (Å²) in [6.45, 7) is 4.13. The van der Waals surface area contributed by atoms with Crippen molar-refractivity contribution in [3.05, 3.63) is 35.9 Å². The van der Waals surface area contributed by atoms with Gasteiger partial charge in [0.25, 0.3) is 0 Å². The molecule has 21 heavy (non-hydrogen) atoms. The van der Waals surface area contributed by atoms with Gasteiger partial charge in [0.05, 0.1) is 0 Å². The Bertz CT molecular complexity index is 421. The Kier molecular flexibility index (Phi) is 8.88. The number of carbonyl (C=O) groups is 2. The third-order valence-electron chi connectivity index (χ3n) is 2.93. The lowest BCUT2D eigenvalue weighted by molar-refractivity contribution is -0.139. The minimum atomic E-state index is -0.578. The first kappa shape index (κ1) is 17.2. The molecule has 2 N–H and O–H groups in total. The van der Waals surface area contributed by atoms with Crippen LogP contribution in [0.4, 0.5) is 0 Å². The average molecular weight is 292 g/mol. The predicted octanol–water partition coefficient (Wildman–Crippen LogP) is 1.28. The molecule has 1 aromatic rings. The first-order valence-electron chi connectivity index (χ1n) is 7.41. The minimum Gasteiger partial charge on any atom is -0.382 e. The van der Waals surface area contributed by atoms with Crippen LogP contribution in [0.2, 0.25) is 0 Å². The number of benzene rings is 1. The largest absolute Gasteiger partial charge is 0.382 e. The molecule has 1 rings (SSSR count). The van der Waals surface area contributed by atoms with Crippen molar-refractivity contribution in [3.63, 3.8) is 0 Å². The van der Waals surface area contributed by atoms with E-state index in [0.717, 1.165) is 12.8 Å². The highest BCUT2D eigenvalue weighted by Gasteiger charge is 2.11. The van der Waals surface area contributed by atoms with Crippen molar-refractivity contribution in [1.82, 2.24) is 10.6 Å². The summed E-state index contributed by atoms with van der Waals surface area (Å²) in [5, 5.41) is 5.19. The van der Waals surface area contributed by atoms with Gasteiger partial charge in [0, 0.05) is 26.3 Å². The van der Waals surface area contributed by atoms with Crippen molar-refractivity contribution in [2.45, 2.75) is 26.2 Å². The summed E-state index contributed by atoms with van der Waals surface area (Å²) < 4.78 is 5.15. The molecule has 0 aromatic heterocycles. The van der Waals surface area contributed by atoms with Gasteiger partial charge in [-0.25, -0.2) is 0 Å². The molecule has 0 atom stereocenters. The van der Waals surface area contributed by atoms with Crippen LogP contribution >= 0.6 is 0 Å². The first-order valence-corrected chi connectivity index (χ1v) is 7.41. The van der Waals surface area contributed by atoms with Crippen LogP contribution in [0, 0.1) is 0 Å². The first-order chi connectivity index (χ1) is 10.2. The molecule has 0 aliphatic rings. The van der Waals surface area contributed by atoms with Crippen molar-refractivity contribution in [1.29, 1.82) is 0 Å². The maximum absolute atomic E-state index is 11.5. The second-order valence-corrected chi connectivity index (χ2v) is 4.65. The van der Waals surface area contributed by atoms with Gasteiger partial charge in [-0.2, -0.15) is 0 Å². The molecule has 0 saturated heterocycles. The molecule has 0 aliphatic heterocycles. The van der Waals surface area contributed by atoms with Gasteiger partial charge in [0.15, 0.2) is 0 Å². The van der Waals surface area contributed by atoms with Crippen LogP contribution in [-0.2, 0) is 20.7 Å². The van der Waals surface area contributed by atoms with Gasteiger partial charge in [-0.15, -0.1) is 0 Å². The van der Waals surface area contributed by atoms with Crippen molar-refractivity contribution in [2.24, 2.45) is 0 Å². The van der Waals surface area contributed by atoms with E-state index in [1.807, 2.05) is 37.3 Å². The quantitative estimate of drug-likeness (QED) is 0.532. The lowest BCUT2D eigenvalue weighted by Gasteiger charge is -2.06. The maximum Gasteiger partial charge on any atom is 0.309 e. The zero-order valence-electron chi connectivity index (χ0n) is 12.6. The zero-order valence-corrected chi connectivity index (χ0v) is 12.6. The fraction of sp³-hybridized carbons (Fsp3) is 0.500. The van der Waals surface area contributed by atoms with Gasteiger partial charge in [-0.1, -0.05) is 30.3 Å². The Morgan fingerprint density at radius 3 is 2.24 bits per heavy atom. The zero-order chi connectivity index (χ0) is 15.3. The molecular weight excluding hydrogens is 268 g/mol. The third-order valence-corrected chi connectivity index (χ3v) is 2.93. The summed E-state index contributed by atoms with van der Waals surface area (Å²) in [5.41, 5.74) is 1.23. The molecule has 0 spiro atoms. The van der Waals surface area contributed by atoms with E-state index in [0.29, 0.717) is 32.7 Å². The molecule has 5 heteroatoms. The fourth-order valence-electron chi connectivity index (χ4n) is 1.82.